The van der Waals surface area contributed by atoms with E-state index in [0.717, 1.165) is 25.3 Å². The molecule has 3 atom stereocenters. The van der Waals surface area contributed by atoms with Gasteiger partial charge in [-0.15, -0.1) is 0 Å². The highest BCUT2D eigenvalue weighted by Gasteiger charge is 2.62. The van der Waals surface area contributed by atoms with Crippen molar-refractivity contribution in [3.8, 4) is 11.5 Å². The standard InChI is InChI=1S/C25H29ClFNO4/c1-24(2)15-7-8-25(24,3)21(10-15)32-23(31)18-6-5-17(12-20(18)29)28(4)13-14-9-16(27)11-19(26)22(14)30/h5-6,9,11-12,15,21,29-30H,7-8,10,13H2,1-4H3. The van der Waals surface area contributed by atoms with E-state index in [-0.39, 0.29) is 45.6 Å². The predicted molar refractivity (Wildman–Crippen MR) is 122 cm³/mol. The van der Waals surface area contributed by atoms with Gasteiger partial charge in [0, 0.05) is 36.3 Å². The average Bonchev–Trinajstić information content (AvgIpc) is 3.05. The number of halogens is 2. The first-order chi connectivity index (χ1) is 14.9. The van der Waals surface area contributed by atoms with Gasteiger partial charge in [-0.25, -0.2) is 9.18 Å². The number of ether oxygens (including phenoxy) is 1. The fourth-order valence-corrected chi connectivity index (χ4v) is 5.74. The van der Waals surface area contributed by atoms with E-state index in [1.807, 2.05) is 0 Å². The molecule has 2 aromatic rings. The van der Waals surface area contributed by atoms with Crippen LogP contribution in [0, 0.1) is 22.6 Å². The van der Waals surface area contributed by atoms with Crippen molar-refractivity contribution in [1.82, 2.24) is 0 Å². The molecular weight excluding hydrogens is 433 g/mol. The van der Waals surface area contributed by atoms with Gasteiger partial charge in [-0.1, -0.05) is 32.4 Å². The molecule has 32 heavy (non-hydrogen) atoms. The molecule has 3 unspecified atom stereocenters. The summed E-state index contributed by atoms with van der Waals surface area (Å²) in [5.41, 5.74) is 1.08. The Labute approximate surface area is 192 Å². The van der Waals surface area contributed by atoms with E-state index < -0.39 is 11.8 Å². The maximum absolute atomic E-state index is 13.7. The topological polar surface area (TPSA) is 70.0 Å². The first kappa shape index (κ1) is 22.7. The van der Waals surface area contributed by atoms with E-state index in [1.54, 1.807) is 18.0 Å². The van der Waals surface area contributed by atoms with Gasteiger partial charge in [0.05, 0.1) is 5.02 Å². The maximum Gasteiger partial charge on any atom is 0.342 e. The Morgan fingerprint density at radius 2 is 1.97 bits per heavy atom. The van der Waals surface area contributed by atoms with Crippen molar-refractivity contribution >= 4 is 23.3 Å². The number of aromatic hydroxyl groups is 2. The number of carbonyl (C=O) groups excluding carboxylic acids is 1. The molecule has 2 bridgehead atoms. The summed E-state index contributed by atoms with van der Waals surface area (Å²) in [5.74, 6) is -0.904. The zero-order valence-electron chi connectivity index (χ0n) is 18.8. The third-order valence-electron chi connectivity index (χ3n) is 8.12. The third kappa shape index (κ3) is 3.58. The lowest BCUT2D eigenvalue weighted by Crippen LogP contribution is -2.38. The number of nitrogens with zero attached hydrogens (tertiary/aromatic N) is 1. The number of hydrogen-bond acceptors (Lipinski definition) is 5. The maximum atomic E-state index is 13.7. The van der Waals surface area contributed by atoms with Crippen LogP contribution < -0.4 is 4.90 Å². The van der Waals surface area contributed by atoms with Gasteiger partial charge in [0.25, 0.3) is 0 Å². The Bertz CT molecular complexity index is 1070. The number of rotatable bonds is 5. The number of benzene rings is 2. The minimum atomic E-state index is -0.547. The second kappa shape index (κ2) is 7.84. The lowest BCUT2D eigenvalue weighted by Gasteiger charge is -2.38. The Hall–Kier alpha value is -2.47. The summed E-state index contributed by atoms with van der Waals surface area (Å²) >= 11 is 5.85. The normalized spacial score (nSPS) is 25.7. The summed E-state index contributed by atoms with van der Waals surface area (Å²) in [4.78, 5) is 14.6. The first-order valence-corrected chi connectivity index (χ1v) is 11.2. The molecule has 0 heterocycles. The third-order valence-corrected chi connectivity index (χ3v) is 8.41. The molecule has 0 saturated heterocycles. The van der Waals surface area contributed by atoms with Gasteiger partial charge in [0.1, 0.15) is 29.0 Å². The van der Waals surface area contributed by atoms with Crippen LogP contribution in [0.4, 0.5) is 10.1 Å². The number of esters is 1. The minimum Gasteiger partial charge on any atom is -0.507 e. The van der Waals surface area contributed by atoms with Crippen molar-refractivity contribution in [3.05, 3.63) is 52.3 Å². The summed E-state index contributed by atoms with van der Waals surface area (Å²) in [7, 11) is 1.73. The number of phenolic OH excluding ortho intramolecular Hbond substituents is 2. The zero-order chi connectivity index (χ0) is 23.4. The molecule has 2 aliphatic rings. The van der Waals surface area contributed by atoms with Crippen molar-refractivity contribution in [2.24, 2.45) is 16.7 Å². The fraction of sp³-hybridized carbons (Fsp3) is 0.480. The van der Waals surface area contributed by atoms with Gasteiger partial charge in [-0.05, 0) is 54.9 Å². The molecule has 0 aliphatic heterocycles. The number of hydrogen-bond donors (Lipinski definition) is 2. The van der Waals surface area contributed by atoms with Gasteiger partial charge < -0.3 is 19.8 Å². The van der Waals surface area contributed by atoms with Crippen LogP contribution in [0.2, 0.25) is 5.02 Å². The second-order valence-electron chi connectivity index (χ2n) is 9.96. The lowest BCUT2D eigenvalue weighted by atomic mass is 9.70. The quantitative estimate of drug-likeness (QED) is 0.542. The van der Waals surface area contributed by atoms with Gasteiger partial charge in [-0.3, -0.25) is 0 Å². The van der Waals surface area contributed by atoms with Crippen LogP contribution in [-0.4, -0.2) is 29.3 Å². The molecule has 5 nitrogen and oxygen atoms in total. The van der Waals surface area contributed by atoms with Crippen LogP contribution in [0.15, 0.2) is 30.3 Å². The second-order valence-corrected chi connectivity index (χ2v) is 10.4. The predicted octanol–water partition coefficient (Wildman–Crippen LogP) is 5.90. The summed E-state index contributed by atoms with van der Waals surface area (Å²) in [6.07, 6.45) is 2.90. The van der Waals surface area contributed by atoms with Crippen LogP contribution >= 0.6 is 11.6 Å². The van der Waals surface area contributed by atoms with Crippen LogP contribution in [0.25, 0.3) is 0 Å². The van der Waals surface area contributed by atoms with E-state index in [0.29, 0.717) is 17.2 Å². The van der Waals surface area contributed by atoms with E-state index in [2.05, 4.69) is 20.8 Å². The van der Waals surface area contributed by atoms with Crippen molar-refractivity contribution in [3.63, 3.8) is 0 Å². The monoisotopic (exact) mass is 461 g/mol. The summed E-state index contributed by atoms with van der Waals surface area (Å²) in [6.45, 7) is 6.86. The van der Waals surface area contributed by atoms with E-state index in [4.69, 9.17) is 16.3 Å². The van der Waals surface area contributed by atoms with Gasteiger partial charge >= 0.3 is 5.97 Å². The number of fused-ring (bicyclic) bond motifs is 2. The molecule has 172 valence electrons. The molecular formula is C25H29ClFNO4. The van der Waals surface area contributed by atoms with Gasteiger partial charge in [-0.2, -0.15) is 0 Å². The van der Waals surface area contributed by atoms with E-state index >= 15 is 0 Å². The van der Waals surface area contributed by atoms with Crippen molar-refractivity contribution in [2.75, 3.05) is 11.9 Å². The molecule has 2 aliphatic carbocycles. The van der Waals surface area contributed by atoms with E-state index in [1.165, 1.54) is 18.2 Å². The smallest absolute Gasteiger partial charge is 0.342 e. The lowest BCUT2D eigenvalue weighted by molar-refractivity contribution is -0.0244. The minimum absolute atomic E-state index is 0.0582. The fourth-order valence-electron chi connectivity index (χ4n) is 5.52. The molecule has 2 N–H and O–H groups in total. The molecule has 0 spiro atoms. The van der Waals surface area contributed by atoms with Gasteiger partial charge in [0.2, 0.25) is 0 Å². The first-order valence-electron chi connectivity index (χ1n) is 10.9. The van der Waals surface area contributed by atoms with Crippen LogP contribution in [-0.2, 0) is 11.3 Å². The van der Waals surface area contributed by atoms with Gasteiger partial charge in [0.15, 0.2) is 0 Å². The molecule has 0 aromatic heterocycles. The molecule has 2 fully saturated rings. The van der Waals surface area contributed by atoms with E-state index in [9.17, 15) is 19.4 Å². The van der Waals surface area contributed by atoms with Crippen molar-refractivity contribution in [1.29, 1.82) is 0 Å². The molecule has 0 amide bonds. The molecule has 0 radical (unpaired) electrons. The Kier molecular flexibility index (Phi) is 5.56. The highest BCUT2D eigenvalue weighted by molar-refractivity contribution is 6.32. The Balaban J connectivity index is 1.48. The number of anilines is 1. The molecule has 7 heteroatoms. The molecule has 2 aromatic carbocycles. The zero-order valence-corrected chi connectivity index (χ0v) is 19.5. The Morgan fingerprint density at radius 1 is 1.25 bits per heavy atom. The SMILES string of the molecule is CN(Cc1cc(F)cc(Cl)c1O)c1ccc(C(=O)OC2CC3CCC2(C)C3(C)C)c(O)c1. The van der Waals surface area contributed by atoms with Crippen molar-refractivity contribution in [2.45, 2.75) is 52.7 Å². The molecule has 2 saturated carbocycles. The van der Waals surface area contributed by atoms with Crippen LogP contribution in [0.5, 0.6) is 11.5 Å². The largest absolute Gasteiger partial charge is 0.507 e. The summed E-state index contributed by atoms with van der Waals surface area (Å²) in [6, 6.07) is 6.93. The highest BCUT2D eigenvalue weighted by Crippen LogP contribution is 2.66. The highest BCUT2D eigenvalue weighted by atomic mass is 35.5. The molecule has 4 rings (SSSR count). The summed E-state index contributed by atoms with van der Waals surface area (Å²) < 4.78 is 19.5. The number of carbonyl (C=O) groups is 1. The Morgan fingerprint density at radius 3 is 2.56 bits per heavy atom. The average molecular weight is 462 g/mol. The number of phenols is 2. The van der Waals surface area contributed by atoms with Crippen molar-refractivity contribution < 1.29 is 24.1 Å². The van der Waals surface area contributed by atoms with Crippen LogP contribution in [0.3, 0.4) is 0 Å². The summed E-state index contributed by atoms with van der Waals surface area (Å²) in [5, 5.41) is 20.6. The van der Waals surface area contributed by atoms with Crippen LogP contribution in [0.1, 0.15) is 56.0 Å².